The molecule has 0 aliphatic carbocycles. The monoisotopic (exact) mass is 256 g/mol. The van der Waals surface area contributed by atoms with E-state index >= 15 is 0 Å². The third-order valence-electron chi connectivity index (χ3n) is 2.25. The summed E-state index contributed by atoms with van der Waals surface area (Å²) in [6.07, 6.45) is -3.28. The van der Waals surface area contributed by atoms with Gasteiger partial charge in [0.2, 0.25) is 0 Å². The summed E-state index contributed by atoms with van der Waals surface area (Å²) in [6, 6.07) is 4.29. The van der Waals surface area contributed by atoms with Crippen molar-refractivity contribution < 1.29 is 23.1 Å². The molecule has 0 radical (unpaired) electrons. The van der Waals surface area contributed by atoms with Crippen LogP contribution in [0.3, 0.4) is 0 Å². The molecule has 0 fully saturated rings. The number of halogens is 3. The molecule has 5 heteroatoms. The van der Waals surface area contributed by atoms with E-state index in [2.05, 4.69) is 6.58 Å². The molecule has 0 amide bonds. The number of ketones is 1. The Bertz CT molecular complexity index is 496. The molecule has 96 valence electrons. The van der Waals surface area contributed by atoms with Gasteiger partial charge in [-0.15, -0.1) is 0 Å². The van der Waals surface area contributed by atoms with Gasteiger partial charge >= 0.3 is 6.18 Å². The summed E-state index contributed by atoms with van der Waals surface area (Å²) in [6.45, 7) is 4.74. The van der Waals surface area contributed by atoms with E-state index in [1.54, 1.807) is 0 Å². The first-order chi connectivity index (χ1) is 8.21. The Morgan fingerprint density at radius 1 is 1.28 bits per heavy atom. The summed E-state index contributed by atoms with van der Waals surface area (Å²) >= 11 is 0. The predicted octanol–water partition coefficient (Wildman–Crippen LogP) is 3.75. The summed E-state index contributed by atoms with van der Waals surface area (Å²) < 4.78 is 37.0. The minimum Gasteiger partial charge on any atom is -0.504 e. The number of rotatable bonds is 3. The van der Waals surface area contributed by atoms with Crippen molar-refractivity contribution in [3.05, 3.63) is 53.8 Å². The molecule has 0 unspecified atom stereocenters. The predicted molar refractivity (Wildman–Crippen MR) is 61.9 cm³/mol. The highest BCUT2D eigenvalue weighted by Gasteiger charge is 2.29. The van der Waals surface area contributed by atoms with Crippen LogP contribution in [-0.2, 0) is 11.0 Å². The molecule has 2 nitrogen and oxygen atoms in total. The first kappa shape index (κ1) is 14.0. The van der Waals surface area contributed by atoms with Crippen molar-refractivity contribution >= 4 is 11.4 Å². The quantitative estimate of drug-likeness (QED) is 0.508. The fourth-order valence-electron chi connectivity index (χ4n) is 1.22. The van der Waals surface area contributed by atoms with Crippen LogP contribution < -0.4 is 0 Å². The molecule has 0 atom stereocenters. The molecule has 0 aromatic heterocycles. The van der Waals surface area contributed by atoms with E-state index in [4.69, 9.17) is 0 Å². The summed E-state index contributed by atoms with van der Waals surface area (Å²) in [4.78, 5) is 10.8. The lowest BCUT2D eigenvalue weighted by atomic mass is 10.0. The van der Waals surface area contributed by atoms with Gasteiger partial charge in [-0.1, -0.05) is 18.7 Å². The molecule has 18 heavy (non-hydrogen) atoms. The molecule has 0 spiro atoms. The minimum atomic E-state index is -4.39. The van der Waals surface area contributed by atoms with Crippen LogP contribution in [0.1, 0.15) is 18.1 Å². The number of hydrogen-bond donors (Lipinski definition) is 1. The van der Waals surface area contributed by atoms with E-state index in [1.807, 2.05) is 0 Å². The van der Waals surface area contributed by atoms with Gasteiger partial charge in [0.1, 0.15) is 0 Å². The van der Waals surface area contributed by atoms with Gasteiger partial charge in [0.25, 0.3) is 0 Å². The standard InChI is InChI=1S/C13H11F3O2/c1-8(7-12(18)9(2)17)10-3-5-11(6-4-10)13(14,15)16/h3-7,18H,1H2,2H3/b12-7-. The lowest BCUT2D eigenvalue weighted by Crippen LogP contribution is -2.04. The zero-order valence-electron chi connectivity index (χ0n) is 9.58. The fraction of sp³-hybridized carbons (Fsp3) is 0.154. The van der Waals surface area contributed by atoms with Gasteiger partial charge < -0.3 is 5.11 Å². The maximum Gasteiger partial charge on any atom is 0.416 e. The van der Waals surface area contributed by atoms with Crippen LogP contribution in [0, 0.1) is 0 Å². The van der Waals surface area contributed by atoms with E-state index < -0.39 is 23.3 Å². The van der Waals surface area contributed by atoms with Crippen LogP contribution in [-0.4, -0.2) is 10.9 Å². The van der Waals surface area contributed by atoms with Crippen LogP contribution in [0.2, 0.25) is 0 Å². The third-order valence-corrected chi connectivity index (χ3v) is 2.25. The molecule has 0 saturated carbocycles. The topological polar surface area (TPSA) is 37.3 Å². The van der Waals surface area contributed by atoms with Crippen molar-refractivity contribution in [3.8, 4) is 0 Å². The van der Waals surface area contributed by atoms with Gasteiger partial charge in [-0.2, -0.15) is 13.2 Å². The van der Waals surface area contributed by atoms with Gasteiger partial charge in [0.15, 0.2) is 11.5 Å². The van der Waals surface area contributed by atoms with Crippen LogP contribution in [0.5, 0.6) is 0 Å². The lowest BCUT2D eigenvalue weighted by Gasteiger charge is -2.07. The lowest BCUT2D eigenvalue weighted by molar-refractivity contribution is -0.137. The number of hydrogen-bond acceptors (Lipinski definition) is 2. The molecule has 0 bridgehead atoms. The Hall–Kier alpha value is -2.04. The van der Waals surface area contributed by atoms with Gasteiger partial charge in [0.05, 0.1) is 5.56 Å². The molecule has 1 N–H and O–H groups in total. The number of carbonyl (C=O) groups excluding carboxylic acids is 1. The zero-order chi connectivity index (χ0) is 13.9. The van der Waals surface area contributed by atoms with E-state index in [9.17, 15) is 23.1 Å². The largest absolute Gasteiger partial charge is 0.504 e. The number of carbonyl (C=O) groups is 1. The second-order valence-corrected chi connectivity index (χ2v) is 3.69. The molecular formula is C13H11F3O2. The zero-order valence-corrected chi connectivity index (χ0v) is 9.58. The molecule has 0 saturated heterocycles. The molecule has 0 aliphatic heterocycles. The van der Waals surface area contributed by atoms with E-state index in [1.165, 1.54) is 19.1 Å². The fourth-order valence-corrected chi connectivity index (χ4v) is 1.22. The van der Waals surface area contributed by atoms with Crippen molar-refractivity contribution in [2.75, 3.05) is 0 Å². The second-order valence-electron chi connectivity index (χ2n) is 3.69. The van der Waals surface area contributed by atoms with Crippen molar-refractivity contribution in [1.82, 2.24) is 0 Å². The van der Waals surface area contributed by atoms with Crippen molar-refractivity contribution in [1.29, 1.82) is 0 Å². The number of alkyl halides is 3. The van der Waals surface area contributed by atoms with Gasteiger partial charge in [-0.05, 0) is 29.3 Å². The van der Waals surface area contributed by atoms with Crippen LogP contribution >= 0.6 is 0 Å². The molecule has 1 aromatic carbocycles. The number of allylic oxidation sites excluding steroid dienone is 3. The first-order valence-corrected chi connectivity index (χ1v) is 5.00. The van der Waals surface area contributed by atoms with Crippen LogP contribution in [0.25, 0.3) is 5.57 Å². The van der Waals surface area contributed by atoms with Crippen LogP contribution in [0.15, 0.2) is 42.7 Å². The maximum absolute atomic E-state index is 12.3. The molecular weight excluding hydrogens is 245 g/mol. The van der Waals surface area contributed by atoms with Gasteiger partial charge in [-0.25, -0.2) is 0 Å². The second kappa shape index (κ2) is 5.08. The van der Waals surface area contributed by atoms with Crippen molar-refractivity contribution in [3.63, 3.8) is 0 Å². The Labute approximate surface area is 102 Å². The van der Waals surface area contributed by atoms with E-state index in [0.29, 0.717) is 5.56 Å². The average Bonchev–Trinajstić information content (AvgIpc) is 2.27. The average molecular weight is 256 g/mol. The molecule has 1 aromatic rings. The summed E-state index contributed by atoms with van der Waals surface area (Å²) in [7, 11) is 0. The number of aliphatic hydroxyl groups excluding tert-OH is 1. The molecule has 0 heterocycles. The normalized spacial score (nSPS) is 12.3. The number of benzene rings is 1. The smallest absolute Gasteiger partial charge is 0.416 e. The number of Topliss-reactive ketones (excluding diaryl/α,β-unsaturated/α-hetero) is 1. The van der Waals surface area contributed by atoms with Gasteiger partial charge in [0, 0.05) is 6.92 Å². The Morgan fingerprint density at radius 3 is 2.17 bits per heavy atom. The Balaban J connectivity index is 2.97. The Kier molecular flexibility index (Phi) is 3.96. The number of aliphatic hydroxyl groups is 1. The summed E-state index contributed by atoms with van der Waals surface area (Å²) in [5.74, 6) is -1.03. The minimum absolute atomic E-state index is 0.261. The van der Waals surface area contributed by atoms with E-state index in [-0.39, 0.29) is 5.57 Å². The van der Waals surface area contributed by atoms with Crippen molar-refractivity contribution in [2.24, 2.45) is 0 Å². The highest BCUT2D eigenvalue weighted by molar-refractivity contribution is 5.93. The van der Waals surface area contributed by atoms with Crippen LogP contribution in [0.4, 0.5) is 13.2 Å². The molecule has 1 rings (SSSR count). The van der Waals surface area contributed by atoms with E-state index in [0.717, 1.165) is 18.2 Å². The highest BCUT2D eigenvalue weighted by Crippen LogP contribution is 2.30. The molecule has 0 aliphatic rings. The Morgan fingerprint density at radius 2 is 1.78 bits per heavy atom. The summed E-state index contributed by atoms with van der Waals surface area (Å²) in [5, 5.41) is 9.21. The van der Waals surface area contributed by atoms with Gasteiger partial charge in [-0.3, -0.25) is 4.79 Å². The third kappa shape index (κ3) is 3.48. The first-order valence-electron chi connectivity index (χ1n) is 5.00. The maximum atomic E-state index is 12.3. The summed E-state index contributed by atoms with van der Waals surface area (Å²) in [5.41, 5.74) is -0.106. The van der Waals surface area contributed by atoms with Crippen molar-refractivity contribution in [2.45, 2.75) is 13.1 Å². The SMILES string of the molecule is C=C(/C=C(\O)C(C)=O)c1ccc(C(F)(F)F)cc1. The highest BCUT2D eigenvalue weighted by atomic mass is 19.4.